The number of ether oxygens (including phenoxy) is 1. The van der Waals surface area contributed by atoms with E-state index in [0.29, 0.717) is 18.7 Å². The van der Waals surface area contributed by atoms with Crippen LogP contribution >= 0.6 is 0 Å². The zero-order valence-corrected chi connectivity index (χ0v) is 9.94. The first-order valence-electron chi connectivity index (χ1n) is 5.36. The average molecular weight is 267 g/mol. The molecule has 0 saturated carbocycles. The standard InChI is InChI=1S/C9H16F3N5O/c1-17-8(14-6-15-17)4-7(16-13)2-3-18-5-9(10,11)12/h6-7,16H,2-5,13H2,1H3. The van der Waals surface area contributed by atoms with Crippen LogP contribution < -0.4 is 11.3 Å². The number of aryl methyl sites for hydroxylation is 1. The van der Waals surface area contributed by atoms with Gasteiger partial charge >= 0.3 is 6.18 Å². The van der Waals surface area contributed by atoms with Crippen molar-refractivity contribution in [2.75, 3.05) is 13.2 Å². The maximum Gasteiger partial charge on any atom is 0.411 e. The summed E-state index contributed by atoms with van der Waals surface area (Å²) in [5, 5.41) is 3.89. The third-order valence-corrected chi connectivity index (χ3v) is 2.35. The Kier molecular flexibility index (Phi) is 5.51. The second-order valence-electron chi connectivity index (χ2n) is 3.82. The van der Waals surface area contributed by atoms with Crippen LogP contribution in [0.3, 0.4) is 0 Å². The van der Waals surface area contributed by atoms with Crippen LogP contribution in [0, 0.1) is 0 Å². The molecule has 0 amide bonds. The van der Waals surface area contributed by atoms with Crippen molar-refractivity contribution >= 4 is 0 Å². The van der Waals surface area contributed by atoms with E-state index in [4.69, 9.17) is 5.84 Å². The molecule has 104 valence electrons. The summed E-state index contributed by atoms with van der Waals surface area (Å²) >= 11 is 0. The highest BCUT2D eigenvalue weighted by Crippen LogP contribution is 2.14. The predicted molar refractivity (Wildman–Crippen MR) is 57.3 cm³/mol. The van der Waals surface area contributed by atoms with Gasteiger partial charge in [-0.1, -0.05) is 0 Å². The Morgan fingerprint density at radius 3 is 2.78 bits per heavy atom. The lowest BCUT2D eigenvalue weighted by Gasteiger charge is -2.15. The van der Waals surface area contributed by atoms with Crippen molar-refractivity contribution in [3.8, 4) is 0 Å². The molecule has 0 saturated heterocycles. The fraction of sp³-hybridized carbons (Fsp3) is 0.778. The highest BCUT2D eigenvalue weighted by molar-refractivity contribution is 4.88. The summed E-state index contributed by atoms with van der Waals surface area (Å²) in [6.45, 7) is -1.26. The molecule has 1 aromatic rings. The number of aromatic nitrogens is 3. The van der Waals surface area contributed by atoms with E-state index >= 15 is 0 Å². The number of halogens is 3. The molecular formula is C9H16F3N5O. The number of hydrazine groups is 1. The van der Waals surface area contributed by atoms with Gasteiger partial charge in [0.05, 0.1) is 0 Å². The number of nitrogens with one attached hydrogen (secondary N) is 1. The molecular weight excluding hydrogens is 251 g/mol. The van der Waals surface area contributed by atoms with Gasteiger partial charge in [0.25, 0.3) is 0 Å². The zero-order valence-electron chi connectivity index (χ0n) is 9.94. The molecule has 0 aliphatic heterocycles. The van der Waals surface area contributed by atoms with Gasteiger partial charge in [-0.15, -0.1) is 0 Å². The minimum Gasteiger partial charge on any atom is -0.372 e. The first-order chi connectivity index (χ1) is 8.42. The van der Waals surface area contributed by atoms with Crippen molar-refractivity contribution in [1.82, 2.24) is 20.2 Å². The maximum atomic E-state index is 11.8. The molecule has 1 unspecified atom stereocenters. The SMILES string of the molecule is Cn1ncnc1CC(CCOCC(F)(F)F)NN. The highest BCUT2D eigenvalue weighted by atomic mass is 19.4. The first kappa shape index (κ1) is 14.9. The molecule has 0 spiro atoms. The Bertz CT molecular complexity index is 354. The largest absolute Gasteiger partial charge is 0.411 e. The summed E-state index contributed by atoms with van der Waals surface area (Å²) in [5.41, 5.74) is 2.52. The van der Waals surface area contributed by atoms with Crippen LogP contribution in [0.25, 0.3) is 0 Å². The van der Waals surface area contributed by atoms with E-state index in [2.05, 4.69) is 20.2 Å². The van der Waals surface area contributed by atoms with E-state index in [1.165, 1.54) is 6.33 Å². The minimum atomic E-state index is -4.30. The van der Waals surface area contributed by atoms with Gasteiger partial charge in [0.2, 0.25) is 0 Å². The van der Waals surface area contributed by atoms with Crippen LogP contribution in [0.4, 0.5) is 13.2 Å². The number of alkyl halides is 3. The molecule has 18 heavy (non-hydrogen) atoms. The van der Waals surface area contributed by atoms with Crippen LogP contribution in [0.1, 0.15) is 12.2 Å². The quantitative estimate of drug-likeness (QED) is 0.418. The average Bonchev–Trinajstić information content (AvgIpc) is 2.67. The summed E-state index contributed by atoms with van der Waals surface area (Å²) in [6.07, 6.45) is -2.06. The van der Waals surface area contributed by atoms with E-state index < -0.39 is 12.8 Å². The van der Waals surface area contributed by atoms with Crippen LogP contribution in [0.5, 0.6) is 0 Å². The molecule has 0 radical (unpaired) electrons. The third kappa shape index (κ3) is 5.43. The zero-order chi connectivity index (χ0) is 13.6. The molecule has 1 rings (SSSR count). The van der Waals surface area contributed by atoms with Gasteiger partial charge in [0.1, 0.15) is 18.8 Å². The van der Waals surface area contributed by atoms with Crippen LogP contribution in [-0.2, 0) is 18.2 Å². The molecule has 1 aromatic heterocycles. The Morgan fingerprint density at radius 1 is 1.56 bits per heavy atom. The molecule has 6 nitrogen and oxygen atoms in total. The van der Waals surface area contributed by atoms with Crippen molar-refractivity contribution in [1.29, 1.82) is 0 Å². The minimum absolute atomic E-state index is 0.0216. The molecule has 0 aliphatic rings. The van der Waals surface area contributed by atoms with E-state index in [1.807, 2.05) is 0 Å². The summed E-state index contributed by atoms with van der Waals surface area (Å²) in [4.78, 5) is 4.01. The van der Waals surface area contributed by atoms with Crippen LogP contribution in [0.2, 0.25) is 0 Å². The Morgan fingerprint density at radius 2 is 2.28 bits per heavy atom. The van der Waals surface area contributed by atoms with Crippen molar-refractivity contribution in [3.63, 3.8) is 0 Å². The molecule has 0 bridgehead atoms. The van der Waals surface area contributed by atoms with Crippen LogP contribution in [-0.4, -0.2) is 40.2 Å². The summed E-state index contributed by atoms with van der Waals surface area (Å²) in [6, 6.07) is -0.207. The van der Waals surface area contributed by atoms with Gasteiger partial charge < -0.3 is 4.74 Å². The Labute approximate surface area is 102 Å². The summed E-state index contributed by atoms with van der Waals surface area (Å²) < 4.78 is 41.6. The van der Waals surface area contributed by atoms with Gasteiger partial charge in [-0.2, -0.15) is 18.3 Å². The molecule has 1 heterocycles. The van der Waals surface area contributed by atoms with Gasteiger partial charge in [0, 0.05) is 26.1 Å². The molecule has 3 N–H and O–H groups in total. The van der Waals surface area contributed by atoms with Gasteiger partial charge in [0.15, 0.2) is 0 Å². The van der Waals surface area contributed by atoms with Gasteiger partial charge in [-0.05, 0) is 6.42 Å². The topological polar surface area (TPSA) is 78.0 Å². The van der Waals surface area contributed by atoms with Crippen molar-refractivity contribution in [2.24, 2.45) is 12.9 Å². The van der Waals surface area contributed by atoms with Crippen molar-refractivity contribution < 1.29 is 17.9 Å². The second-order valence-corrected chi connectivity index (χ2v) is 3.82. The van der Waals surface area contributed by atoms with Gasteiger partial charge in [-0.3, -0.25) is 16.0 Å². The summed E-state index contributed by atoms with van der Waals surface area (Å²) in [5.74, 6) is 6.02. The highest BCUT2D eigenvalue weighted by Gasteiger charge is 2.27. The van der Waals surface area contributed by atoms with E-state index in [-0.39, 0.29) is 12.6 Å². The number of nitrogens with two attached hydrogens (primary N) is 1. The molecule has 1 atom stereocenters. The van der Waals surface area contributed by atoms with Crippen molar-refractivity contribution in [3.05, 3.63) is 12.2 Å². The molecule has 9 heteroatoms. The van der Waals surface area contributed by atoms with Crippen molar-refractivity contribution in [2.45, 2.75) is 25.1 Å². The van der Waals surface area contributed by atoms with Crippen LogP contribution in [0.15, 0.2) is 6.33 Å². The van der Waals surface area contributed by atoms with E-state index in [1.54, 1.807) is 11.7 Å². The monoisotopic (exact) mass is 267 g/mol. The Balaban J connectivity index is 2.28. The Hall–Kier alpha value is -1.19. The third-order valence-electron chi connectivity index (χ3n) is 2.35. The summed E-state index contributed by atoms with van der Waals surface area (Å²) in [7, 11) is 1.73. The number of nitrogens with zero attached hydrogens (tertiary/aromatic N) is 3. The number of rotatable bonds is 7. The number of hydrogen-bond donors (Lipinski definition) is 2. The van der Waals surface area contributed by atoms with E-state index in [0.717, 1.165) is 0 Å². The van der Waals surface area contributed by atoms with Gasteiger partial charge in [-0.25, -0.2) is 4.98 Å². The fourth-order valence-electron chi connectivity index (χ4n) is 1.38. The number of hydrogen-bond acceptors (Lipinski definition) is 5. The molecule has 0 aromatic carbocycles. The normalized spacial score (nSPS) is 13.8. The molecule has 0 fully saturated rings. The smallest absolute Gasteiger partial charge is 0.372 e. The second kappa shape index (κ2) is 6.66. The predicted octanol–water partition coefficient (Wildman–Crippen LogP) is 0.159. The van der Waals surface area contributed by atoms with E-state index in [9.17, 15) is 13.2 Å². The lowest BCUT2D eigenvalue weighted by molar-refractivity contribution is -0.174. The molecule has 0 aliphatic carbocycles. The first-order valence-corrected chi connectivity index (χ1v) is 5.36. The fourth-order valence-corrected chi connectivity index (χ4v) is 1.38. The lowest BCUT2D eigenvalue weighted by Crippen LogP contribution is -2.38. The lowest BCUT2D eigenvalue weighted by atomic mass is 10.1. The maximum absolute atomic E-state index is 11.8.